The molecule has 0 rings (SSSR count). The van der Waals surface area contributed by atoms with Gasteiger partial charge in [-0.3, -0.25) is 0 Å². The molecule has 0 aliphatic rings. The van der Waals surface area contributed by atoms with Crippen molar-refractivity contribution >= 4 is 10.2 Å². The zero-order valence-electron chi connectivity index (χ0n) is 8.36. The summed E-state index contributed by atoms with van der Waals surface area (Å²) in [4.78, 5) is 0. The van der Waals surface area contributed by atoms with Crippen LogP contribution in [0.3, 0.4) is 0 Å². The van der Waals surface area contributed by atoms with Gasteiger partial charge in [0.1, 0.15) is 0 Å². The van der Waals surface area contributed by atoms with Crippen molar-refractivity contribution in [1.29, 1.82) is 0 Å². The van der Waals surface area contributed by atoms with Crippen molar-refractivity contribution in [2.24, 2.45) is 0 Å². The molecule has 0 aliphatic heterocycles. The van der Waals surface area contributed by atoms with E-state index in [1.165, 1.54) is 16.3 Å². The molecular weight excluding hydrogens is 138 g/mol. The zero-order valence-corrected chi connectivity index (χ0v) is 10.4. The molecule has 0 spiro atoms. The van der Waals surface area contributed by atoms with Gasteiger partial charge in [0.15, 0.2) is 0 Å². The standard InChI is InChI=1S/C6H15N.C2H8Si/c1-5(2)7-6(3)4;1-2-3/h5-7H,1-4H3;2H2,1,3H3. The van der Waals surface area contributed by atoms with E-state index in [-0.39, 0.29) is 0 Å². The Labute approximate surface area is 69.0 Å². The minimum absolute atomic E-state index is 0.625. The normalized spacial score (nSPS) is 9.90. The van der Waals surface area contributed by atoms with Crippen LogP contribution in [0.4, 0.5) is 0 Å². The van der Waals surface area contributed by atoms with Crippen molar-refractivity contribution in [1.82, 2.24) is 5.32 Å². The third kappa shape index (κ3) is 24.1. The van der Waals surface area contributed by atoms with Gasteiger partial charge in [0.25, 0.3) is 0 Å². The summed E-state index contributed by atoms with van der Waals surface area (Å²) in [6.07, 6.45) is 0. The maximum absolute atomic E-state index is 3.31. The van der Waals surface area contributed by atoms with Crippen LogP contribution in [0.2, 0.25) is 6.04 Å². The van der Waals surface area contributed by atoms with Gasteiger partial charge in [-0.2, -0.15) is 0 Å². The molecule has 0 bridgehead atoms. The molecule has 0 saturated heterocycles. The van der Waals surface area contributed by atoms with Gasteiger partial charge in [-0.05, 0) is 0 Å². The fraction of sp³-hybridized carbons (Fsp3) is 1.00. The van der Waals surface area contributed by atoms with Crippen molar-refractivity contribution in [3.63, 3.8) is 0 Å². The summed E-state index contributed by atoms with van der Waals surface area (Å²) in [5.41, 5.74) is 0. The summed E-state index contributed by atoms with van der Waals surface area (Å²) in [5, 5.41) is 3.31. The Morgan fingerprint density at radius 3 is 1.30 bits per heavy atom. The van der Waals surface area contributed by atoms with E-state index in [9.17, 15) is 0 Å². The van der Waals surface area contributed by atoms with Gasteiger partial charge in [-0.15, -0.1) is 0 Å². The molecule has 10 heavy (non-hydrogen) atoms. The lowest BCUT2D eigenvalue weighted by molar-refractivity contribution is 0.518. The van der Waals surface area contributed by atoms with E-state index in [4.69, 9.17) is 0 Å². The van der Waals surface area contributed by atoms with Crippen molar-refractivity contribution in [2.75, 3.05) is 0 Å². The second kappa shape index (κ2) is 9.18. The Morgan fingerprint density at radius 1 is 1.10 bits per heavy atom. The fourth-order valence-corrected chi connectivity index (χ4v) is 0.667. The summed E-state index contributed by atoms with van der Waals surface area (Å²) in [6, 6.07) is 2.64. The summed E-state index contributed by atoms with van der Waals surface area (Å²) in [7, 11) is 1.37. The van der Waals surface area contributed by atoms with E-state index in [1.54, 1.807) is 0 Å². The monoisotopic (exact) mass is 161 g/mol. The second-order valence-electron chi connectivity index (χ2n) is 3.18. The van der Waals surface area contributed by atoms with Crippen LogP contribution in [0.15, 0.2) is 0 Å². The average molecular weight is 161 g/mol. The molecule has 0 unspecified atom stereocenters. The van der Waals surface area contributed by atoms with E-state index in [0.717, 1.165) is 0 Å². The minimum atomic E-state index is 0.625. The highest BCUT2D eigenvalue weighted by Gasteiger charge is 1.92. The third-order valence-electron chi connectivity index (χ3n) is 0.667. The maximum Gasteiger partial charge on any atom is 0.00244 e. The molecule has 0 radical (unpaired) electrons. The van der Waals surface area contributed by atoms with Gasteiger partial charge in [0, 0.05) is 22.3 Å². The molecule has 1 nitrogen and oxygen atoms in total. The molecule has 0 aromatic heterocycles. The summed E-state index contributed by atoms with van der Waals surface area (Å²) in [5.74, 6) is 0. The first-order valence-electron chi connectivity index (χ1n) is 4.30. The molecule has 1 N–H and O–H groups in total. The van der Waals surface area contributed by atoms with Crippen LogP contribution in [-0.4, -0.2) is 22.3 Å². The molecule has 2 heteroatoms. The lowest BCUT2D eigenvalue weighted by atomic mass is 10.3. The molecule has 0 aliphatic carbocycles. The lowest BCUT2D eigenvalue weighted by Gasteiger charge is -2.10. The topological polar surface area (TPSA) is 12.0 Å². The van der Waals surface area contributed by atoms with Crippen LogP contribution >= 0.6 is 0 Å². The Morgan fingerprint density at radius 2 is 1.30 bits per heavy atom. The van der Waals surface area contributed by atoms with Crippen molar-refractivity contribution in [2.45, 2.75) is 52.7 Å². The maximum atomic E-state index is 3.31. The van der Waals surface area contributed by atoms with E-state index in [2.05, 4.69) is 39.9 Å². The van der Waals surface area contributed by atoms with Gasteiger partial charge in [-0.1, -0.05) is 40.7 Å². The summed E-state index contributed by atoms with van der Waals surface area (Å²) >= 11 is 0. The number of rotatable bonds is 2. The van der Waals surface area contributed by atoms with Gasteiger partial charge >= 0.3 is 0 Å². The SMILES string of the molecule is CC(C)NC(C)C.CC[SiH3]. The zero-order chi connectivity index (χ0) is 8.57. The van der Waals surface area contributed by atoms with E-state index in [1.807, 2.05) is 0 Å². The third-order valence-corrected chi connectivity index (χ3v) is 0.667. The Bertz CT molecular complexity index is 47.2. The van der Waals surface area contributed by atoms with E-state index in [0.29, 0.717) is 12.1 Å². The minimum Gasteiger partial charge on any atom is -0.312 e. The van der Waals surface area contributed by atoms with Crippen LogP contribution in [0.5, 0.6) is 0 Å². The molecule has 0 heterocycles. The Balaban J connectivity index is 0. The second-order valence-corrected chi connectivity index (χ2v) is 4.60. The van der Waals surface area contributed by atoms with E-state index >= 15 is 0 Å². The Hall–Kier alpha value is 0.177. The van der Waals surface area contributed by atoms with Crippen LogP contribution in [-0.2, 0) is 0 Å². The molecule has 0 aromatic carbocycles. The first-order chi connectivity index (χ1) is 4.54. The molecule has 0 fully saturated rings. The van der Waals surface area contributed by atoms with Crippen molar-refractivity contribution in [3.8, 4) is 0 Å². The highest BCUT2D eigenvalue weighted by atomic mass is 28.1. The molecule has 0 atom stereocenters. The molecule has 0 aromatic rings. The van der Waals surface area contributed by atoms with Crippen LogP contribution < -0.4 is 5.32 Å². The predicted molar refractivity (Wildman–Crippen MR) is 53.8 cm³/mol. The smallest absolute Gasteiger partial charge is 0.00244 e. The van der Waals surface area contributed by atoms with Gasteiger partial charge < -0.3 is 5.32 Å². The lowest BCUT2D eigenvalue weighted by Crippen LogP contribution is -2.29. The fourth-order valence-electron chi connectivity index (χ4n) is 0.667. The molecule has 64 valence electrons. The largest absolute Gasteiger partial charge is 0.312 e. The van der Waals surface area contributed by atoms with Crippen molar-refractivity contribution < 1.29 is 0 Å². The summed E-state index contributed by atoms with van der Waals surface area (Å²) in [6.45, 7) is 10.8. The highest BCUT2D eigenvalue weighted by Crippen LogP contribution is 1.80. The summed E-state index contributed by atoms with van der Waals surface area (Å²) < 4.78 is 0. The highest BCUT2D eigenvalue weighted by molar-refractivity contribution is 6.08. The van der Waals surface area contributed by atoms with Crippen LogP contribution in [0, 0.1) is 0 Å². The van der Waals surface area contributed by atoms with Gasteiger partial charge in [-0.25, -0.2) is 0 Å². The number of hydrogen-bond acceptors (Lipinski definition) is 1. The predicted octanol–water partition coefficient (Wildman–Crippen LogP) is 1.18. The average Bonchev–Trinajstić information content (AvgIpc) is 1.62. The number of hydrogen-bond donors (Lipinski definition) is 1. The first-order valence-corrected chi connectivity index (χ1v) is 5.72. The Kier molecular flexibility index (Phi) is 11.8. The van der Waals surface area contributed by atoms with E-state index < -0.39 is 0 Å². The van der Waals surface area contributed by atoms with Crippen LogP contribution in [0.1, 0.15) is 34.6 Å². The molecule has 0 amide bonds. The molecular formula is C8H23NSi. The van der Waals surface area contributed by atoms with Crippen LogP contribution in [0.25, 0.3) is 0 Å². The first kappa shape index (κ1) is 12.8. The molecule has 0 saturated carbocycles. The van der Waals surface area contributed by atoms with Crippen molar-refractivity contribution in [3.05, 3.63) is 0 Å². The number of nitrogens with one attached hydrogen (secondary N) is 1. The van der Waals surface area contributed by atoms with Gasteiger partial charge in [0.05, 0.1) is 0 Å². The quantitative estimate of drug-likeness (QED) is 0.600. The van der Waals surface area contributed by atoms with Gasteiger partial charge in [0.2, 0.25) is 0 Å².